The van der Waals surface area contributed by atoms with Crippen molar-refractivity contribution in [2.75, 3.05) is 25.0 Å². The van der Waals surface area contributed by atoms with Gasteiger partial charge in [-0.3, -0.25) is 0 Å². The van der Waals surface area contributed by atoms with E-state index in [1.165, 1.54) is 38.9 Å². The zero-order chi connectivity index (χ0) is 11.3. The van der Waals surface area contributed by atoms with Crippen molar-refractivity contribution in [2.24, 2.45) is 17.8 Å². The summed E-state index contributed by atoms with van der Waals surface area (Å²) in [6, 6.07) is 0. The Labute approximate surface area is 104 Å². The van der Waals surface area contributed by atoms with Crippen molar-refractivity contribution in [3.05, 3.63) is 0 Å². The van der Waals surface area contributed by atoms with Crippen LogP contribution in [0.3, 0.4) is 0 Å². The van der Waals surface area contributed by atoms with Gasteiger partial charge in [0.1, 0.15) is 0 Å². The van der Waals surface area contributed by atoms with Gasteiger partial charge in [0.25, 0.3) is 0 Å². The summed E-state index contributed by atoms with van der Waals surface area (Å²) in [5, 5.41) is 1.16. The van der Waals surface area contributed by atoms with Gasteiger partial charge in [0.05, 0.1) is 0 Å². The quantitative estimate of drug-likeness (QED) is 0.691. The van der Waals surface area contributed by atoms with Gasteiger partial charge in [-0.05, 0) is 43.7 Å². The summed E-state index contributed by atoms with van der Waals surface area (Å²) in [5.41, 5.74) is 0. The fourth-order valence-corrected chi connectivity index (χ4v) is 3.12. The first-order chi connectivity index (χ1) is 7.17. The second-order valence-corrected chi connectivity index (χ2v) is 5.96. The summed E-state index contributed by atoms with van der Waals surface area (Å²) in [7, 11) is 0. The molecule has 0 N–H and O–H groups in total. The van der Waals surface area contributed by atoms with Crippen LogP contribution in [0.25, 0.3) is 0 Å². The number of halogens is 1. The zero-order valence-corrected chi connectivity index (χ0v) is 12.1. The topological polar surface area (TPSA) is 3.24 Å². The molecule has 1 saturated heterocycles. The maximum atomic E-state index is 3.61. The van der Waals surface area contributed by atoms with Gasteiger partial charge in [0.15, 0.2) is 0 Å². The molecule has 0 spiro atoms. The molecule has 1 aliphatic rings. The maximum absolute atomic E-state index is 3.61. The van der Waals surface area contributed by atoms with Gasteiger partial charge >= 0.3 is 0 Å². The molecular weight excluding hydrogens is 250 g/mol. The van der Waals surface area contributed by atoms with Crippen LogP contribution in [0.1, 0.15) is 40.0 Å². The summed E-state index contributed by atoms with van der Waals surface area (Å²) in [4.78, 5) is 2.66. The first-order valence-corrected chi connectivity index (χ1v) is 7.57. The van der Waals surface area contributed by atoms with Gasteiger partial charge in [0.2, 0.25) is 0 Å². The minimum Gasteiger partial charge on any atom is -0.303 e. The van der Waals surface area contributed by atoms with Crippen LogP contribution in [0.4, 0.5) is 0 Å². The Balaban J connectivity index is 2.25. The van der Waals surface area contributed by atoms with E-state index in [2.05, 4.69) is 41.6 Å². The van der Waals surface area contributed by atoms with E-state index in [0.717, 1.165) is 23.1 Å². The average Bonchev–Trinajstić information content (AvgIpc) is 2.26. The first kappa shape index (κ1) is 13.5. The predicted molar refractivity (Wildman–Crippen MR) is 71.6 cm³/mol. The van der Waals surface area contributed by atoms with E-state index in [0.29, 0.717) is 0 Å². The maximum Gasteiger partial charge on any atom is 0.00717 e. The van der Waals surface area contributed by atoms with Crippen molar-refractivity contribution < 1.29 is 0 Å². The number of rotatable bonds is 5. The molecule has 1 aliphatic heterocycles. The molecule has 0 aliphatic carbocycles. The summed E-state index contributed by atoms with van der Waals surface area (Å²) < 4.78 is 0. The third kappa shape index (κ3) is 4.44. The smallest absolute Gasteiger partial charge is 0.00717 e. The molecule has 0 aromatic carbocycles. The van der Waals surface area contributed by atoms with Crippen LogP contribution >= 0.6 is 15.9 Å². The summed E-state index contributed by atoms with van der Waals surface area (Å²) in [6.07, 6.45) is 4.13. The van der Waals surface area contributed by atoms with Crippen LogP contribution in [0.5, 0.6) is 0 Å². The van der Waals surface area contributed by atoms with E-state index in [1.54, 1.807) is 0 Å². The highest BCUT2D eigenvalue weighted by Gasteiger charge is 2.22. The van der Waals surface area contributed by atoms with Crippen molar-refractivity contribution in [3.63, 3.8) is 0 Å². The molecule has 2 heteroatoms. The zero-order valence-electron chi connectivity index (χ0n) is 10.5. The molecule has 1 heterocycles. The summed E-state index contributed by atoms with van der Waals surface area (Å²) in [6.45, 7) is 11.0. The van der Waals surface area contributed by atoms with E-state index in [1.807, 2.05) is 0 Å². The van der Waals surface area contributed by atoms with E-state index < -0.39 is 0 Å². The molecule has 0 amide bonds. The van der Waals surface area contributed by atoms with Crippen molar-refractivity contribution in [2.45, 2.75) is 40.0 Å². The standard InChI is InChI=1S/C13H26BrN/c1-4-12(9-14)10-15-7-5-13(6-8-15)11(2)3/h11-13H,4-10H2,1-3H3. The monoisotopic (exact) mass is 275 g/mol. The highest BCUT2D eigenvalue weighted by molar-refractivity contribution is 9.09. The number of piperidine rings is 1. The van der Waals surface area contributed by atoms with E-state index in [-0.39, 0.29) is 0 Å². The van der Waals surface area contributed by atoms with Crippen molar-refractivity contribution in [1.82, 2.24) is 4.90 Å². The lowest BCUT2D eigenvalue weighted by Gasteiger charge is -2.35. The largest absolute Gasteiger partial charge is 0.303 e. The third-order valence-electron chi connectivity index (χ3n) is 3.89. The van der Waals surface area contributed by atoms with Crippen LogP contribution in [-0.2, 0) is 0 Å². The van der Waals surface area contributed by atoms with Crippen molar-refractivity contribution in [3.8, 4) is 0 Å². The van der Waals surface area contributed by atoms with E-state index in [4.69, 9.17) is 0 Å². The molecule has 0 aromatic heterocycles. The van der Waals surface area contributed by atoms with Gasteiger partial charge in [-0.25, -0.2) is 0 Å². The summed E-state index contributed by atoms with van der Waals surface area (Å²) >= 11 is 3.61. The average molecular weight is 276 g/mol. The fraction of sp³-hybridized carbons (Fsp3) is 1.00. The molecule has 1 fully saturated rings. The second kappa shape index (κ2) is 6.90. The molecule has 0 radical (unpaired) electrons. The lowest BCUT2D eigenvalue weighted by atomic mass is 9.86. The Morgan fingerprint density at radius 3 is 2.27 bits per heavy atom. The molecule has 15 heavy (non-hydrogen) atoms. The molecule has 1 atom stereocenters. The molecule has 0 saturated carbocycles. The predicted octanol–water partition coefficient (Wildman–Crippen LogP) is 3.78. The molecule has 1 rings (SSSR count). The number of alkyl halides is 1. The SMILES string of the molecule is CCC(CBr)CN1CCC(C(C)C)CC1. The van der Waals surface area contributed by atoms with Gasteiger partial charge in [-0.2, -0.15) is 0 Å². The van der Waals surface area contributed by atoms with Crippen LogP contribution in [-0.4, -0.2) is 29.9 Å². The van der Waals surface area contributed by atoms with Crippen LogP contribution in [0.2, 0.25) is 0 Å². The number of hydrogen-bond donors (Lipinski definition) is 0. The normalized spacial score (nSPS) is 22.2. The minimum absolute atomic E-state index is 0.848. The Morgan fingerprint density at radius 1 is 1.27 bits per heavy atom. The third-order valence-corrected chi connectivity index (χ3v) is 4.80. The lowest BCUT2D eigenvalue weighted by Crippen LogP contribution is -2.38. The summed E-state index contributed by atoms with van der Waals surface area (Å²) in [5.74, 6) is 2.70. The van der Waals surface area contributed by atoms with Crippen molar-refractivity contribution >= 4 is 15.9 Å². The lowest BCUT2D eigenvalue weighted by molar-refractivity contribution is 0.142. The Hall–Kier alpha value is 0.440. The fourth-order valence-electron chi connectivity index (χ4n) is 2.45. The molecule has 0 aromatic rings. The van der Waals surface area contributed by atoms with Crippen molar-refractivity contribution in [1.29, 1.82) is 0 Å². The van der Waals surface area contributed by atoms with E-state index in [9.17, 15) is 0 Å². The molecular formula is C13H26BrN. The minimum atomic E-state index is 0.848. The number of nitrogens with zero attached hydrogens (tertiary/aromatic N) is 1. The second-order valence-electron chi connectivity index (χ2n) is 5.31. The Kier molecular flexibility index (Phi) is 6.21. The van der Waals surface area contributed by atoms with Gasteiger partial charge in [-0.1, -0.05) is 43.1 Å². The Morgan fingerprint density at radius 2 is 1.87 bits per heavy atom. The van der Waals surface area contributed by atoms with E-state index >= 15 is 0 Å². The van der Waals surface area contributed by atoms with Gasteiger partial charge in [-0.15, -0.1) is 0 Å². The number of hydrogen-bond acceptors (Lipinski definition) is 1. The highest BCUT2D eigenvalue weighted by atomic mass is 79.9. The first-order valence-electron chi connectivity index (χ1n) is 6.45. The van der Waals surface area contributed by atoms with Gasteiger partial charge < -0.3 is 4.90 Å². The molecule has 1 nitrogen and oxygen atoms in total. The molecule has 1 unspecified atom stereocenters. The highest BCUT2D eigenvalue weighted by Crippen LogP contribution is 2.25. The molecule has 0 bridgehead atoms. The van der Waals surface area contributed by atoms with Crippen LogP contribution in [0, 0.1) is 17.8 Å². The number of likely N-dealkylation sites (tertiary alicyclic amines) is 1. The van der Waals surface area contributed by atoms with Gasteiger partial charge in [0, 0.05) is 11.9 Å². The van der Waals surface area contributed by atoms with Crippen LogP contribution < -0.4 is 0 Å². The Bertz CT molecular complexity index is 158. The van der Waals surface area contributed by atoms with Crippen LogP contribution in [0.15, 0.2) is 0 Å². The molecule has 90 valence electrons.